The molecule has 8 heteroatoms. The zero-order chi connectivity index (χ0) is 23.1. The molecule has 0 aliphatic carbocycles. The summed E-state index contributed by atoms with van der Waals surface area (Å²) < 4.78 is 0. The summed E-state index contributed by atoms with van der Waals surface area (Å²) in [6, 6.07) is 10.5. The molecule has 0 bridgehead atoms. The summed E-state index contributed by atoms with van der Waals surface area (Å²) in [4.78, 5) is 21.2. The first kappa shape index (κ1) is 20.6. The normalized spacial score (nSPS) is 13.9. The van der Waals surface area contributed by atoms with Gasteiger partial charge >= 0.3 is 0 Å². The highest BCUT2D eigenvalue weighted by atomic mass is 32.1. The van der Waals surface area contributed by atoms with Crippen LogP contribution in [0.2, 0.25) is 0 Å². The van der Waals surface area contributed by atoms with Gasteiger partial charge < -0.3 is 15.2 Å². The largest absolute Gasteiger partial charge is 0.361 e. The second-order valence-electron chi connectivity index (χ2n) is 8.61. The van der Waals surface area contributed by atoms with Crippen molar-refractivity contribution in [2.24, 2.45) is 0 Å². The number of rotatable bonds is 4. The van der Waals surface area contributed by atoms with Gasteiger partial charge in [-0.3, -0.25) is 0 Å². The number of fused-ring (bicyclic) bond motifs is 2. The molecule has 1 aliphatic rings. The Kier molecular flexibility index (Phi) is 5.12. The Hall–Kier alpha value is -3.96. The molecule has 1 aromatic carbocycles. The minimum atomic E-state index is 0.516. The fourth-order valence-electron chi connectivity index (χ4n) is 4.61. The molecule has 5 heterocycles. The van der Waals surface area contributed by atoms with Crippen molar-refractivity contribution in [2.45, 2.75) is 26.2 Å². The molecular weight excluding hydrogens is 442 g/mol. The van der Waals surface area contributed by atoms with Gasteiger partial charge in [-0.05, 0) is 56.0 Å². The first-order chi connectivity index (χ1) is 16.7. The van der Waals surface area contributed by atoms with E-state index in [0.717, 1.165) is 67.5 Å². The number of piperidine rings is 1. The number of aromatic amines is 1. The van der Waals surface area contributed by atoms with Crippen molar-refractivity contribution in [3.63, 3.8) is 0 Å². The highest BCUT2D eigenvalue weighted by Crippen LogP contribution is 2.39. The molecule has 6 rings (SSSR count). The van der Waals surface area contributed by atoms with E-state index in [2.05, 4.69) is 61.3 Å². The summed E-state index contributed by atoms with van der Waals surface area (Å²) in [7, 11) is 0. The van der Waals surface area contributed by atoms with Crippen LogP contribution < -0.4 is 10.2 Å². The van der Waals surface area contributed by atoms with Gasteiger partial charge in [0.05, 0.1) is 11.3 Å². The van der Waals surface area contributed by atoms with E-state index < -0.39 is 0 Å². The number of hydrogen-bond donors (Lipinski definition) is 2. The Morgan fingerprint density at radius 1 is 1.03 bits per heavy atom. The lowest BCUT2D eigenvalue weighted by atomic mass is 10.1. The van der Waals surface area contributed by atoms with Crippen molar-refractivity contribution in [3.8, 4) is 16.5 Å². The second kappa shape index (κ2) is 8.43. The van der Waals surface area contributed by atoms with Gasteiger partial charge in [-0.1, -0.05) is 0 Å². The summed E-state index contributed by atoms with van der Waals surface area (Å²) in [6.45, 7) is 4.13. The van der Waals surface area contributed by atoms with Crippen LogP contribution in [0.15, 0.2) is 49.1 Å². The van der Waals surface area contributed by atoms with E-state index in [0.29, 0.717) is 5.56 Å². The summed E-state index contributed by atoms with van der Waals surface area (Å²) >= 11 is 1.58. The number of nitrogens with one attached hydrogen (secondary N) is 2. The number of aryl methyl sites for hydroxylation is 1. The molecule has 1 aliphatic heterocycles. The highest BCUT2D eigenvalue weighted by Gasteiger charge is 2.17. The van der Waals surface area contributed by atoms with Crippen LogP contribution in [0.25, 0.3) is 31.6 Å². The van der Waals surface area contributed by atoms with Crippen LogP contribution >= 0.6 is 11.3 Å². The quantitative estimate of drug-likeness (QED) is 0.331. The number of hydrogen-bond acceptors (Lipinski definition) is 7. The Balaban J connectivity index is 1.38. The van der Waals surface area contributed by atoms with E-state index in [9.17, 15) is 5.26 Å². The highest BCUT2D eigenvalue weighted by molar-refractivity contribution is 7.21. The van der Waals surface area contributed by atoms with Crippen molar-refractivity contribution in [1.29, 1.82) is 5.26 Å². The van der Waals surface area contributed by atoms with E-state index in [4.69, 9.17) is 0 Å². The predicted molar refractivity (Wildman–Crippen MR) is 138 cm³/mol. The number of nitrogens with zero attached hydrogens (tertiary/aromatic N) is 5. The zero-order valence-electron chi connectivity index (χ0n) is 18.8. The van der Waals surface area contributed by atoms with Crippen LogP contribution in [-0.4, -0.2) is 33.0 Å². The lowest BCUT2D eigenvalue weighted by molar-refractivity contribution is 0.568. The number of nitriles is 1. The standard InChI is InChI=1S/C26H23N7S/c1-16-19-7-8-28-22(19)6-5-21(16)32-24-17(12-27)13-29-25-20(24)11-23(34-25)18-14-30-26(31-15-18)33-9-3-2-4-10-33/h5-8,11,13-15,28H,2-4,9-10H2,1H3,(H,29,32). The smallest absolute Gasteiger partial charge is 0.225 e. The van der Waals surface area contributed by atoms with Crippen LogP contribution in [0.3, 0.4) is 0 Å². The predicted octanol–water partition coefficient (Wildman–Crippen LogP) is 6.15. The van der Waals surface area contributed by atoms with Crippen molar-refractivity contribution in [3.05, 3.63) is 60.2 Å². The molecule has 0 radical (unpaired) electrons. The van der Waals surface area contributed by atoms with Crippen molar-refractivity contribution < 1.29 is 0 Å². The molecule has 168 valence electrons. The van der Waals surface area contributed by atoms with Gasteiger partial charge in [0.25, 0.3) is 0 Å². The number of thiophene rings is 1. The van der Waals surface area contributed by atoms with Gasteiger partial charge in [0, 0.05) is 70.3 Å². The lowest BCUT2D eigenvalue weighted by Crippen LogP contribution is -2.30. The third-order valence-electron chi connectivity index (χ3n) is 6.51. The molecule has 4 aromatic heterocycles. The molecule has 7 nitrogen and oxygen atoms in total. The third kappa shape index (κ3) is 3.55. The zero-order valence-corrected chi connectivity index (χ0v) is 19.6. The fourth-order valence-corrected chi connectivity index (χ4v) is 5.60. The van der Waals surface area contributed by atoms with Crippen LogP contribution in [0.1, 0.15) is 30.4 Å². The molecule has 0 saturated carbocycles. The Labute approximate surface area is 201 Å². The van der Waals surface area contributed by atoms with Gasteiger partial charge in [-0.25, -0.2) is 15.0 Å². The van der Waals surface area contributed by atoms with E-state index in [1.807, 2.05) is 24.7 Å². The van der Waals surface area contributed by atoms with Gasteiger partial charge in [-0.15, -0.1) is 11.3 Å². The molecule has 0 unspecified atom stereocenters. The monoisotopic (exact) mass is 465 g/mol. The molecule has 0 amide bonds. The van der Waals surface area contributed by atoms with Crippen molar-refractivity contribution in [1.82, 2.24) is 19.9 Å². The van der Waals surface area contributed by atoms with Crippen LogP contribution in [0.5, 0.6) is 0 Å². The topological polar surface area (TPSA) is 93.5 Å². The molecule has 34 heavy (non-hydrogen) atoms. The maximum absolute atomic E-state index is 9.79. The molecule has 1 fully saturated rings. The van der Waals surface area contributed by atoms with E-state index in [-0.39, 0.29) is 0 Å². The maximum atomic E-state index is 9.79. The van der Waals surface area contributed by atoms with Crippen LogP contribution in [0.4, 0.5) is 17.3 Å². The van der Waals surface area contributed by atoms with Gasteiger partial charge in [0.2, 0.25) is 5.95 Å². The average Bonchev–Trinajstić information content (AvgIpc) is 3.54. The summed E-state index contributed by atoms with van der Waals surface area (Å²) in [5.74, 6) is 0.799. The van der Waals surface area contributed by atoms with E-state index >= 15 is 0 Å². The number of anilines is 3. The maximum Gasteiger partial charge on any atom is 0.225 e. The summed E-state index contributed by atoms with van der Waals surface area (Å²) in [6.07, 6.45) is 11.0. The van der Waals surface area contributed by atoms with Gasteiger partial charge in [0.1, 0.15) is 10.9 Å². The molecule has 5 aromatic rings. The number of pyridine rings is 1. The van der Waals surface area contributed by atoms with Crippen molar-refractivity contribution >= 4 is 49.8 Å². The van der Waals surface area contributed by atoms with Gasteiger partial charge in [-0.2, -0.15) is 5.26 Å². The Morgan fingerprint density at radius 3 is 2.65 bits per heavy atom. The minimum absolute atomic E-state index is 0.516. The van der Waals surface area contributed by atoms with Crippen molar-refractivity contribution in [2.75, 3.05) is 23.3 Å². The average molecular weight is 466 g/mol. The molecule has 0 atom stereocenters. The van der Waals surface area contributed by atoms with Crippen LogP contribution in [-0.2, 0) is 0 Å². The second-order valence-corrected chi connectivity index (χ2v) is 9.64. The third-order valence-corrected chi connectivity index (χ3v) is 7.60. The number of H-pyrrole nitrogens is 1. The Morgan fingerprint density at radius 2 is 1.85 bits per heavy atom. The number of benzene rings is 1. The van der Waals surface area contributed by atoms with E-state index in [1.165, 1.54) is 19.3 Å². The first-order valence-electron chi connectivity index (χ1n) is 11.4. The summed E-state index contributed by atoms with van der Waals surface area (Å²) in [5.41, 5.74) is 5.44. The Bertz CT molecular complexity index is 1540. The van der Waals surface area contributed by atoms with Gasteiger partial charge in [0.15, 0.2) is 0 Å². The molecular formula is C26H23N7S. The van der Waals surface area contributed by atoms with Crippen LogP contribution in [0, 0.1) is 18.3 Å². The summed E-state index contributed by atoms with van der Waals surface area (Å²) in [5, 5.41) is 15.4. The van der Waals surface area contributed by atoms with E-state index in [1.54, 1.807) is 17.5 Å². The molecule has 0 spiro atoms. The molecule has 1 saturated heterocycles. The number of aromatic nitrogens is 4. The molecule has 2 N–H and O–H groups in total. The lowest BCUT2D eigenvalue weighted by Gasteiger charge is -2.26. The SMILES string of the molecule is Cc1c(Nc2c(C#N)cnc3sc(-c4cnc(N5CCCCC5)nc4)cc23)ccc2[nH]ccc12. The minimum Gasteiger partial charge on any atom is -0.361 e. The fraction of sp³-hybridized carbons (Fsp3) is 0.231. The first-order valence-corrected chi connectivity index (χ1v) is 12.3.